The summed E-state index contributed by atoms with van der Waals surface area (Å²) in [6.45, 7) is 1.34. The summed E-state index contributed by atoms with van der Waals surface area (Å²) in [6, 6.07) is 4.49. The molecule has 1 aromatic heterocycles. The number of hydrogen-bond donors (Lipinski definition) is 1. The highest BCUT2D eigenvalue weighted by Gasteiger charge is 2.24. The lowest BCUT2D eigenvalue weighted by Crippen LogP contribution is -2.30. The van der Waals surface area contributed by atoms with Gasteiger partial charge in [0.15, 0.2) is 0 Å². The fraction of sp³-hybridized carbons (Fsp3) is 0.615. The van der Waals surface area contributed by atoms with Gasteiger partial charge in [-0.15, -0.1) is 0 Å². The zero-order valence-electron chi connectivity index (χ0n) is 10.3. The highest BCUT2D eigenvalue weighted by atomic mass is 16.5. The maximum atomic E-state index is 8.90. The van der Waals surface area contributed by atoms with Gasteiger partial charge in [-0.25, -0.2) is 4.98 Å². The predicted octanol–water partition coefficient (Wildman–Crippen LogP) is 1.83. The second kappa shape index (κ2) is 5.87. The van der Waals surface area contributed by atoms with Gasteiger partial charge in [0.25, 0.3) is 0 Å². The first-order valence-electron chi connectivity index (χ1n) is 6.22. The Labute approximate surface area is 102 Å². The van der Waals surface area contributed by atoms with Crippen molar-refractivity contribution in [3.8, 4) is 5.75 Å². The minimum atomic E-state index is 0.278. The average molecular weight is 236 g/mol. The van der Waals surface area contributed by atoms with Crippen LogP contribution in [0.3, 0.4) is 0 Å². The molecule has 0 aromatic carbocycles. The van der Waals surface area contributed by atoms with Crippen LogP contribution < -0.4 is 9.64 Å². The third kappa shape index (κ3) is 2.88. The van der Waals surface area contributed by atoms with Crippen LogP contribution in [0.4, 0.5) is 5.82 Å². The number of aromatic nitrogens is 1. The number of methoxy groups -OCH3 is 1. The molecule has 94 valence electrons. The van der Waals surface area contributed by atoms with E-state index in [-0.39, 0.29) is 6.61 Å². The molecule has 1 fully saturated rings. The first kappa shape index (κ1) is 12.2. The van der Waals surface area contributed by atoms with Crippen LogP contribution in [-0.2, 0) is 0 Å². The molecule has 1 aromatic rings. The number of aliphatic hydroxyl groups is 1. The van der Waals surface area contributed by atoms with E-state index < -0.39 is 0 Å². The van der Waals surface area contributed by atoms with Crippen molar-refractivity contribution in [2.24, 2.45) is 0 Å². The molecule has 4 nitrogen and oxygen atoms in total. The van der Waals surface area contributed by atoms with Crippen LogP contribution in [0.1, 0.15) is 25.7 Å². The van der Waals surface area contributed by atoms with E-state index in [2.05, 4.69) is 9.88 Å². The molecule has 1 saturated heterocycles. The number of pyridine rings is 1. The molecule has 1 aliphatic heterocycles. The van der Waals surface area contributed by atoms with Crippen molar-refractivity contribution < 1.29 is 9.84 Å². The minimum Gasteiger partial charge on any atom is -0.495 e. The van der Waals surface area contributed by atoms with Crippen molar-refractivity contribution in [1.29, 1.82) is 0 Å². The molecule has 0 radical (unpaired) electrons. The Morgan fingerprint density at radius 2 is 2.41 bits per heavy atom. The Morgan fingerprint density at radius 1 is 1.53 bits per heavy atom. The van der Waals surface area contributed by atoms with E-state index in [1.807, 2.05) is 12.1 Å². The summed E-state index contributed by atoms with van der Waals surface area (Å²) >= 11 is 0. The molecule has 0 amide bonds. The van der Waals surface area contributed by atoms with Crippen LogP contribution >= 0.6 is 0 Å². The van der Waals surface area contributed by atoms with Gasteiger partial charge >= 0.3 is 0 Å². The number of nitrogens with zero attached hydrogens (tertiary/aromatic N) is 2. The summed E-state index contributed by atoms with van der Waals surface area (Å²) in [4.78, 5) is 6.77. The number of anilines is 1. The van der Waals surface area contributed by atoms with Crippen LogP contribution in [0.2, 0.25) is 0 Å². The number of aliphatic hydroxyl groups excluding tert-OH is 1. The van der Waals surface area contributed by atoms with Gasteiger partial charge < -0.3 is 14.7 Å². The quantitative estimate of drug-likeness (QED) is 0.847. The number of hydrogen-bond acceptors (Lipinski definition) is 4. The van der Waals surface area contributed by atoms with E-state index in [0.717, 1.165) is 31.0 Å². The van der Waals surface area contributed by atoms with Crippen LogP contribution in [0.25, 0.3) is 0 Å². The molecule has 1 aliphatic rings. The molecule has 0 bridgehead atoms. The Morgan fingerprint density at radius 3 is 3.06 bits per heavy atom. The third-order valence-electron chi connectivity index (χ3n) is 3.32. The maximum absolute atomic E-state index is 8.90. The predicted molar refractivity (Wildman–Crippen MR) is 67.5 cm³/mol. The molecule has 0 spiro atoms. The van der Waals surface area contributed by atoms with Crippen LogP contribution in [0.5, 0.6) is 5.75 Å². The summed E-state index contributed by atoms with van der Waals surface area (Å²) in [7, 11) is 1.65. The zero-order chi connectivity index (χ0) is 12.1. The summed E-state index contributed by atoms with van der Waals surface area (Å²) in [5.41, 5.74) is 0. The Balaban J connectivity index is 2.03. The van der Waals surface area contributed by atoms with Crippen molar-refractivity contribution in [2.75, 3.05) is 25.2 Å². The van der Waals surface area contributed by atoms with Crippen molar-refractivity contribution in [2.45, 2.75) is 31.7 Å². The SMILES string of the molecule is COc1ccc(N2CCCC2CCCO)nc1. The average Bonchev–Trinajstić information content (AvgIpc) is 2.84. The zero-order valence-corrected chi connectivity index (χ0v) is 10.3. The summed E-state index contributed by atoms with van der Waals surface area (Å²) in [5.74, 6) is 1.81. The van der Waals surface area contributed by atoms with E-state index in [1.54, 1.807) is 13.3 Å². The van der Waals surface area contributed by atoms with Crippen LogP contribution in [-0.4, -0.2) is 36.4 Å². The van der Waals surface area contributed by atoms with E-state index in [4.69, 9.17) is 9.84 Å². The summed E-state index contributed by atoms with van der Waals surface area (Å²) in [5, 5.41) is 8.90. The molecule has 0 saturated carbocycles. The molecule has 17 heavy (non-hydrogen) atoms. The van der Waals surface area contributed by atoms with E-state index in [9.17, 15) is 0 Å². The highest BCUT2D eigenvalue weighted by molar-refractivity contribution is 5.43. The Kier molecular flexibility index (Phi) is 4.20. The third-order valence-corrected chi connectivity index (χ3v) is 3.32. The summed E-state index contributed by atoms with van der Waals surface area (Å²) in [6.07, 6.45) is 6.09. The molecule has 4 heteroatoms. The first-order chi connectivity index (χ1) is 8.35. The monoisotopic (exact) mass is 236 g/mol. The lowest BCUT2D eigenvalue weighted by Gasteiger charge is -2.25. The number of rotatable bonds is 5. The molecule has 2 rings (SSSR count). The van der Waals surface area contributed by atoms with Gasteiger partial charge in [0.2, 0.25) is 0 Å². The standard InChI is InChI=1S/C13H20N2O2/c1-17-12-6-7-13(14-10-12)15-8-2-4-11(15)5-3-9-16/h6-7,10-11,16H,2-5,8-9H2,1H3. The summed E-state index contributed by atoms with van der Waals surface area (Å²) < 4.78 is 5.11. The second-order valence-corrected chi connectivity index (χ2v) is 4.41. The lowest BCUT2D eigenvalue weighted by molar-refractivity contribution is 0.279. The Bertz CT molecular complexity index is 340. The first-order valence-corrected chi connectivity index (χ1v) is 6.22. The van der Waals surface area contributed by atoms with E-state index in [1.165, 1.54) is 12.8 Å². The molecular weight excluding hydrogens is 216 g/mol. The van der Waals surface area contributed by atoms with Gasteiger partial charge in [0, 0.05) is 19.2 Å². The second-order valence-electron chi connectivity index (χ2n) is 4.41. The maximum Gasteiger partial charge on any atom is 0.137 e. The molecule has 1 atom stereocenters. The van der Waals surface area contributed by atoms with Crippen molar-refractivity contribution in [3.63, 3.8) is 0 Å². The molecule has 1 N–H and O–H groups in total. The van der Waals surface area contributed by atoms with Crippen molar-refractivity contribution >= 4 is 5.82 Å². The van der Waals surface area contributed by atoms with Gasteiger partial charge in [0.1, 0.15) is 11.6 Å². The fourth-order valence-corrected chi connectivity index (χ4v) is 2.43. The molecular formula is C13H20N2O2. The fourth-order valence-electron chi connectivity index (χ4n) is 2.43. The smallest absolute Gasteiger partial charge is 0.137 e. The van der Waals surface area contributed by atoms with Gasteiger partial charge in [-0.05, 0) is 37.8 Å². The van der Waals surface area contributed by atoms with Gasteiger partial charge in [-0.2, -0.15) is 0 Å². The van der Waals surface area contributed by atoms with Gasteiger partial charge in [-0.3, -0.25) is 0 Å². The van der Waals surface area contributed by atoms with Gasteiger partial charge in [0.05, 0.1) is 13.3 Å². The van der Waals surface area contributed by atoms with Crippen molar-refractivity contribution in [3.05, 3.63) is 18.3 Å². The van der Waals surface area contributed by atoms with E-state index in [0.29, 0.717) is 6.04 Å². The lowest BCUT2D eigenvalue weighted by atomic mass is 10.1. The molecule has 1 unspecified atom stereocenters. The number of ether oxygens (including phenoxy) is 1. The highest BCUT2D eigenvalue weighted by Crippen LogP contribution is 2.27. The topological polar surface area (TPSA) is 45.6 Å². The minimum absolute atomic E-state index is 0.278. The van der Waals surface area contributed by atoms with Crippen molar-refractivity contribution in [1.82, 2.24) is 4.98 Å². The molecule has 2 heterocycles. The van der Waals surface area contributed by atoms with Crippen LogP contribution in [0, 0.1) is 0 Å². The van der Waals surface area contributed by atoms with Gasteiger partial charge in [-0.1, -0.05) is 0 Å². The normalized spacial score (nSPS) is 19.6. The Hall–Kier alpha value is -1.29. The molecule has 0 aliphatic carbocycles. The largest absolute Gasteiger partial charge is 0.495 e. The van der Waals surface area contributed by atoms with E-state index >= 15 is 0 Å². The van der Waals surface area contributed by atoms with Crippen LogP contribution in [0.15, 0.2) is 18.3 Å².